The second kappa shape index (κ2) is 10.3. The van der Waals surface area contributed by atoms with E-state index in [4.69, 9.17) is 9.97 Å². The number of H-pyrrole nitrogens is 1. The fourth-order valence-corrected chi connectivity index (χ4v) is 5.42. The topological polar surface area (TPSA) is 98.8 Å². The van der Waals surface area contributed by atoms with Gasteiger partial charge in [0.15, 0.2) is 11.0 Å². The van der Waals surface area contributed by atoms with Crippen LogP contribution in [0.3, 0.4) is 0 Å². The molecule has 1 aliphatic rings. The summed E-state index contributed by atoms with van der Waals surface area (Å²) in [5.41, 5.74) is 2.14. The van der Waals surface area contributed by atoms with Crippen LogP contribution in [0.4, 0.5) is 23.4 Å². The number of pyridine rings is 1. The van der Waals surface area contributed by atoms with Crippen molar-refractivity contribution in [2.75, 3.05) is 41.3 Å². The minimum Gasteiger partial charge on any atom is -0.368 e. The zero-order chi connectivity index (χ0) is 24.2. The van der Waals surface area contributed by atoms with Crippen molar-refractivity contribution < 1.29 is 0 Å². The van der Waals surface area contributed by atoms with E-state index in [-0.39, 0.29) is 0 Å². The number of anilines is 4. The van der Waals surface area contributed by atoms with Crippen molar-refractivity contribution in [1.82, 2.24) is 30.1 Å². The van der Waals surface area contributed by atoms with Gasteiger partial charge in [-0.3, -0.25) is 10.1 Å². The van der Waals surface area contributed by atoms with Gasteiger partial charge in [-0.15, -0.1) is 11.3 Å². The predicted octanol–water partition coefficient (Wildman–Crippen LogP) is 4.94. The third kappa shape index (κ3) is 5.16. The molecule has 9 nitrogen and oxygen atoms in total. The quantitative estimate of drug-likeness (QED) is 0.313. The van der Waals surface area contributed by atoms with Gasteiger partial charge in [-0.05, 0) is 47.5 Å². The van der Waals surface area contributed by atoms with E-state index in [0.29, 0.717) is 22.9 Å². The first-order valence-corrected chi connectivity index (χ1v) is 13.2. The highest BCUT2D eigenvalue weighted by molar-refractivity contribution is 7.99. The second-order valence-electron chi connectivity index (χ2n) is 8.11. The maximum absolute atomic E-state index is 4.81. The highest BCUT2D eigenvalue weighted by Crippen LogP contribution is 2.29. The maximum Gasteiger partial charge on any atom is 0.234 e. The van der Waals surface area contributed by atoms with Gasteiger partial charge in [-0.1, -0.05) is 24.3 Å². The van der Waals surface area contributed by atoms with Gasteiger partial charge in [-0.2, -0.15) is 20.1 Å². The Labute approximate surface area is 216 Å². The molecule has 11 heteroatoms. The van der Waals surface area contributed by atoms with Crippen molar-refractivity contribution in [2.45, 2.75) is 10.1 Å². The van der Waals surface area contributed by atoms with Crippen molar-refractivity contribution >= 4 is 46.5 Å². The van der Waals surface area contributed by atoms with E-state index in [2.05, 4.69) is 53.5 Å². The number of aromatic amines is 1. The highest BCUT2D eigenvalue weighted by Gasteiger charge is 2.21. The van der Waals surface area contributed by atoms with Gasteiger partial charge in [0.2, 0.25) is 11.9 Å². The minimum atomic E-state index is 0.472. The van der Waals surface area contributed by atoms with E-state index in [1.165, 1.54) is 17.4 Å². The summed E-state index contributed by atoms with van der Waals surface area (Å²) < 4.78 is 0. The second-order valence-corrected chi connectivity index (χ2v) is 10.1. The first-order valence-electron chi connectivity index (χ1n) is 11.6. The lowest BCUT2D eigenvalue weighted by molar-refractivity contribution is 0.634. The average molecular weight is 514 g/mol. The SMILES string of the molecule is c1ccc(Sc2nc(Nc3cc(-c4cccs4)[nH]n3)nc(N3CCN(c4ccncc4)CC3)n2)cc1. The number of nitrogens with zero attached hydrogens (tertiary/aromatic N) is 7. The molecule has 1 aromatic carbocycles. The van der Waals surface area contributed by atoms with Gasteiger partial charge >= 0.3 is 0 Å². The lowest BCUT2D eigenvalue weighted by Gasteiger charge is -2.36. The van der Waals surface area contributed by atoms with Gasteiger partial charge in [0.25, 0.3) is 0 Å². The lowest BCUT2D eigenvalue weighted by atomic mass is 10.3. The third-order valence-corrected chi connectivity index (χ3v) is 7.53. The molecule has 0 atom stereocenters. The van der Waals surface area contributed by atoms with Crippen LogP contribution in [-0.4, -0.2) is 56.3 Å². The van der Waals surface area contributed by atoms with Crippen molar-refractivity contribution in [2.24, 2.45) is 0 Å². The van der Waals surface area contributed by atoms with Crippen LogP contribution in [0.5, 0.6) is 0 Å². The molecular formula is C25H23N9S2. The Balaban J connectivity index is 1.24. The van der Waals surface area contributed by atoms with Crippen LogP contribution in [-0.2, 0) is 0 Å². The molecule has 1 aliphatic heterocycles. The number of benzene rings is 1. The fraction of sp³-hybridized carbons (Fsp3) is 0.160. The molecule has 0 aliphatic carbocycles. The van der Waals surface area contributed by atoms with Gasteiger partial charge in [0, 0.05) is 55.2 Å². The Morgan fingerprint density at radius 3 is 2.44 bits per heavy atom. The third-order valence-electron chi connectivity index (χ3n) is 5.75. The largest absolute Gasteiger partial charge is 0.368 e. The Hall–Kier alpha value is -3.96. The summed E-state index contributed by atoms with van der Waals surface area (Å²) in [7, 11) is 0. The number of aromatic nitrogens is 6. The number of piperazine rings is 1. The first kappa shape index (κ1) is 22.5. The molecular weight excluding hydrogens is 490 g/mol. The summed E-state index contributed by atoms with van der Waals surface area (Å²) in [6.45, 7) is 3.38. The van der Waals surface area contributed by atoms with Crippen molar-refractivity contribution in [1.29, 1.82) is 0 Å². The zero-order valence-corrected chi connectivity index (χ0v) is 20.9. The van der Waals surface area contributed by atoms with E-state index in [1.807, 2.05) is 60.2 Å². The Morgan fingerprint density at radius 2 is 1.67 bits per heavy atom. The van der Waals surface area contributed by atoms with E-state index < -0.39 is 0 Å². The summed E-state index contributed by atoms with van der Waals surface area (Å²) in [5, 5.41) is 13.4. The molecule has 0 saturated carbocycles. The van der Waals surface area contributed by atoms with Crippen molar-refractivity contribution in [3.63, 3.8) is 0 Å². The van der Waals surface area contributed by atoms with E-state index >= 15 is 0 Å². The molecule has 0 bridgehead atoms. The molecule has 0 amide bonds. The van der Waals surface area contributed by atoms with Gasteiger partial charge < -0.3 is 15.1 Å². The van der Waals surface area contributed by atoms with E-state index in [0.717, 1.165) is 41.6 Å². The van der Waals surface area contributed by atoms with Crippen LogP contribution < -0.4 is 15.1 Å². The summed E-state index contributed by atoms with van der Waals surface area (Å²) in [4.78, 5) is 25.1. The number of hydrogen-bond acceptors (Lipinski definition) is 10. The van der Waals surface area contributed by atoms with Gasteiger partial charge in [0.05, 0.1) is 10.6 Å². The van der Waals surface area contributed by atoms with Crippen molar-refractivity contribution in [3.8, 4) is 10.6 Å². The normalized spacial score (nSPS) is 13.7. The number of rotatable bonds is 7. The Morgan fingerprint density at radius 1 is 0.861 bits per heavy atom. The van der Waals surface area contributed by atoms with Gasteiger partial charge in [-0.25, -0.2) is 0 Å². The lowest BCUT2D eigenvalue weighted by Crippen LogP contribution is -2.47. The molecule has 1 saturated heterocycles. The molecule has 1 fully saturated rings. The summed E-state index contributed by atoms with van der Waals surface area (Å²) in [6.07, 6.45) is 3.66. The zero-order valence-electron chi connectivity index (χ0n) is 19.3. The molecule has 6 rings (SSSR count). The smallest absolute Gasteiger partial charge is 0.234 e. The van der Waals surface area contributed by atoms with Gasteiger partial charge in [0.1, 0.15) is 0 Å². The van der Waals surface area contributed by atoms with Crippen LogP contribution in [0.2, 0.25) is 0 Å². The van der Waals surface area contributed by atoms with Crippen molar-refractivity contribution in [3.05, 3.63) is 78.4 Å². The molecule has 0 spiro atoms. The molecule has 0 unspecified atom stereocenters. The molecule has 0 radical (unpaired) electrons. The molecule has 36 heavy (non-hydrogen) atoms. The summed E-state index contributed by atoms with van der Waals surface area (Å²) in [6, 6.07) is 20.3. The minimum absolute atomic E-state index is 0.472. The summed E-state index contributed by atoms with van der Waals surface area (Å²) in [5.74, 6) is 1.79. The Bertz CT molecular complexity index is 1400. The number of thiophene rings is 1. The number of nitrogens with one attached hydrogen (secondary N) is 2. The molecule has 180 valence electrons. The molecule has 5 aromatic rings. The van der Waals surface area contributed by atoms with E-state index in [1.54, 1.807) is 11.3 Å². The Kier molecular flexibility index (Phi) is 6.46. The van der Waals surface area contributed by atoms with Crippen LogP contribution in [0.1, 0.15) is 0 Å². The van der Waals surface area contributed by atoms with Crippen LogP contribution in [0.15, 0.2) is 88.5 Å². The number of hydrogen-bond donors (Lipinski definition) is 2. The van der Waals surface area contributed by atoms with Crippen LogP contribution in [0, 0.1) is 0 Å². The molecule has 5 heterocycles. The monoisotopic (exact) mass is 513 g/mol. The summed E-state index contributed by atoms with van der Waals surface area (Å²) >= 11 is 3.18. The predicted molar refractivity (Wildman–Crippen MR) is 144 cm³/mol. The standard InChI is InChI=1S/C25H23N9S2/c1-2-5-19(6-3-1)36-25-29-23(27-22-17-20(31-32-22)21-7-4-16-35-21)28-24(30-25)34-14-12-33(13-15-34)18-8-10-26-11-9-18/h1-11,16-17H,12-15H2,(H2,27,28,29,30,31,32). The fourth-order valence-electron chi connectivity index (χ4n) is 3.96. The first-order chi connectivity index (χ1) is 17.8. The molecule has 4 aromatic heterocycles. The van der Waals surface area contributed by atoms with Crippen LogP contribution in [0.25, 0.3) is 10.6 Å². The average Bonchev–Trinajstić information content (AvgIpc) is 3.62. The van der Waals surface area contributed by atoms with Crippen LogP contribution >= 0.6 is 23.1 Å². The molecule has 2 N–H and O–H groups in total. The highest BCUT2D eigenvalue weighted by atomic mass is 32.2. The maximum atomic E-state index is 4.81. The van der Waals surface area contributed by atoms with E-state index in [9.17, 15) is 0 Å².